The van der Waals surface area contributed by atoms with Crippen molar-refractivity contribution in [3.63, 3.8) is 0 Å². The summed E-state index contributed by atoms with van der Waals surface area (Å²) >= 11 is 6.62. The number of thioether (sulfide) groups is 1. The molecule has 0 aromatic heterocycles. The summed E-state index contributed by atoms with van der Waals surface area (Å²) in [5.41, 5.74) is 2.24. The summed E-state index contributed by atoms with van der Waals surface area (Å²) in [6.45, 7) is 0.979. The maximum Gasteiger partial charge on any atom is 0.273 e. The molecule has 1 unspecified atom stereocenters. The van der Waals surface area contributed by atoms with Crippen molar-refractivity contribution in [2.45, 2.75) is 11.7 Å². The molecule has 3 N–H and O–H groups in total. The molecule has 26 heavy (non-hydrogen) atoms. The zero-order valence-corrected chi connectivity index (χ0v) is 15.8. The molecule has 0 spiro atoms. The highest BCUT2D eigenvalue weighted by Crippen LogP contribution is 2.44. The molecule has 8 heteroatoms. The molecule has 2 heterocycles. The van der Waals surface area contributed by atoms with Crippen LogP contribution in [0.2, 0.25) is 0 Å². The second-order valence-electron chi connectivity index (χ2n) is 5.79. The van der Waals surface area contributed by atoms with Crippen LogP contribution in [0.15, 0.2) is 47.0 Å². The van der Waals surface area contributed by atoms with Gasteiger partial charge in [-0.05, 0) is 42.4 Å². The van der Waals surface area contributed by atoms with Gasteiger partial charge in [-0.3, -0.25) is 14.9 Å². The molecule has 1 aromatic rings. The number of hydrogen-bond donors (Lipinski definition) is 3. The molecule has 0 bridgehead atoms. The number of hydrogen-bond acceptors (Lipinski definition) is 5. The normalized spacial score (nSPS) is 20.7. The Morgan fingerprint density at radius 3 is 2.81 bits per heavy atom. The van der Waals surface area contributed by atoms with Gasteiger partial charge >= 0.3 is 0 Å². The van der Waals surface area contributed by atoms with Crippen molar-refractivity contribution < 1.29 is 14.3 Å². The van der Waals surface area contributed by atoms with E-state index in [9.17, 15) is 9.59 Å². The van der Waals surface area contributed by atoms with Gasteiger partial charge in [0.15, 0.2) is 5.11 Å². The highest BCUT2D eigenvalue weighted by atomic mass is 32.2. The Morgan fingerprint density at radius 1 is 1.38 bits per heavy atom. The van der Waals surface area contributed by atoms with Gasteiger partial charge in [0.25, 0.3) is 11.8 Å². The van der Waals surface area contributed by atoms with Crippen molar-refractivity contribution in [1.82, 2.24) is 16.0 Å². The van der Waals surface area contributed by atoms with Crippen LogP contribution in [0, 0.1) is 0 Å². The van der Waals surface area contributed by atoms with Crippen molar-refractivity contribution in [3.8, 4) is 0 Å². The van der Waals surface area contributed by atoms with Crippen LogP contribution in [0.1, 0.15) is 27.6 Å². The smallest absolute Gasteiger partial charge is 0.273 e. The standard InChI is InChI=1S/C18H19N3O3S2/c1-24-9-8-19-16(22)12-4-2-11(3-5-12)15-7-6-13(26-15)10-14-17(23)21-18(25)20-14/h2-6,10,15H,7-9H2,1H3,(H,19,22)(H2,20,21,23,25)/b14-10+. The molecular weight excluding hydrogens is 370 g/mol. The molecule has 0 radical (unpaired) electrons. The molecule has 6 nitrogen and oxygen atoms in total. The highest BCUT2D eigenvalue weighted by Gasteiger charge is 2.24. The second kappa shape index (κ2) is 8.48. The monoisotopic (exact) mass is 389 g/mol. The summed E-state index contributed by atoms with van der Waals surface area (Å²) in [5.74, 6) is -0.311. The van der Waals surface area contributed by atoms with E-state index in [0.717, 1.165) is 16.9 Å². The summed E-state index contributed by atoms with van der Waals surface area (Å²) in [7, 11) is 1.60. The van der Waals surface area contributed by atoms with E-state index in [1.165, 1.54) is 0 Å². The first-order chi connectivity index (χ1) is 12.6. The third kappa shape index (κ3) is 4.51. The Morgan fingerprint density at radius 2 is 2.15 bits per heavy atom. The Hall–Kier alpha value is -2.16. The van der Waals surface area contributed by atoms with Gasteiger partial charge in [-0.15, -0.1) is 11.8 Å². The predicted octanol–water partition coefficient (Wildman–Crippen LogP) is 2.01. The van der Waals surface area contributed by atoms with Crippen molar-refractivity contribution >= 4 is 40.9 Å². The van der Waals surface area contributed by atoms with Crippen LogP contribution in [0.25, 0.3) is 0 Å². The molecular formula is C18H19N3O3S2. The zero-order chi connectivity index (χ0) is 18.5. The Balaban J connectivity index is 1.58. The van der Waals surface area contributed by atoms with E-state index in [1.807, 2.05) is 30.3 Å². The van der Waals surface area contributed by atoms with E-state index < -0.39 is 0 Å². The van der Waals surface area contributed by atoms with Crippen LogP contribution in [0.3, 0.4) is 0 Å². The molecule has 0 saturated carbocycles. The maximum absolute atomic E-state index is 12.0. The lowest BCUT2D eigenvalue weighted by atomic mass is 10.1. The lowest BCUT2D eigenvalue weighted by Crippen LogP contribution is -2.26. The highest BCUT2D eigenvalue weighted by molar-refractivity contribution is 8.03. The van der Waals surface area contributed by atoms with Gasteiger partial charge in [0.2, 0.25) is 0 Å². The fraction of sp³-hybridized carbons (Fsp3) is 0.278. The number of rotatable bonds is 6. The van der Waals surface area contributed by atoms with E-state index in [0.29, 0.717) is 29.5 Å². The number of thiocarbonyl (C=S) groups is 1. The third-order valence-electron chi connectivity index (χ3n) is 3.95. The van der Waals surface area contributed by atoms with Crippen LogP contribution in [0.5, 0.6) is 0 Å². The lowest BCUT2D eigenvalue weighted by molar-refractivity contribution is -0.115. The van der Waals surface area contributed by atoms with Crippen LogP contribution >= 0.6 is 24.0 Å². The first-order valence-corrected chi connectivity index (χ1v) is 9.43. The minimum absolute atomic E-state index is 0.106. The average molecular weight is 390 g/mol. The number of amides is 2. The van der Waals surface area contributed by atoms with Gasteiger partial charge in [-0.25, -0.2) is 0 Å². The van der Waals surface area contributed by atoms with Gasteiger partial charge in [-0.1, -0.05) is 18.2 Å². The van der Waals surface area contributed by atoms with E-state index >= 15 is 0 Å². The van der Waals surface area contributed by atoms with E-state index in [4.69, 9.17) is 17.0 Å². The van der Waals surface area contributed by atoms with Crippen molar-refractivity contribution in [2.24, 2.45) is 0 Å². The summed E-state index contributed by atoms with van der Waals surface area (Å²) in [6.07, 6.45) is 4.79. The van der Waals surface area contributed by atoms with Crippen LogP contribution in [-0.4, -0.2) is 37.2 Å². The molecule has 1 atom stereocenters. The molecule has 1 aromatic carbocycles. The number of ether oxygens (including phenoxy) is 1. The summed E-state index contributed by atoms with van der Waals surface area (Å²) < 4.78 is 4.92. The number of allylic oxidation sites excluding steroid dienone is 2. The SMILES string of the molecule is COCCNC(=O)c1ccc(C2CC=C(/C=C3/NC(=S)NC3=O)S2)cc1. The summed E-state index contributed by atoms with van der Waals surface area (Å²) in [4.78, 5) is 24.7. The first kappa shape index (κ1) is 18.6. The van der Waals surface area contributed by atoms with Crippen molar-refractivity contribution in [1.29, 1.82) is 0 Å². The minimum Gasteiger partial charge on any atom is -0.383 e. The second-order valence-corrected chi connectivity index (χ2v) is 7.47. The van der Waals surface area contributed by atoms with Gasteiger partial charge < -0.3 is 15.4 Å². The lowest BCUT2D eigenvalue weighted by Gasteiger charge is -2.11. The number of methoxy groups -OCH3 is 1. The number of nitrogens with one attached hydrogen (secondary N) is 3. The maximum atomic E-state index is 12.0. The molecule has 2 amide bonds. The van der Waals surface area contributed by atoms with Gasteiger partial charge in [-0.2, -0.15) is 0 Å². The average Bonchev–Trinajstić information content (AvgIpc) is 3.22. The molecule has 2 aliphatic heterocycles. The fourth-order valence-electron chi connectivity index (χ4n) is 2.62. The van der Waals surface area contributed by atoms with E-state index in [-0.39, 0.29) is 17.1 Å². The molecule has 1 fully saturated rings. The van der Waals surface area contributed by atoms with Crippen molar-refractivity contribution in [2.75, 3.05) is 20.3 Å². The number of benzene rings is 1. The largest absolute Gasteiger partial charge is 0.383 e. The summed E-state index contributed by atoms with van der Waals surface area (Å²) in [6, 6.07) is 7.61. The molecule has 1 saturated heterocycles. The zero-order valence-electron chi connectivity index (χ0n) is 14.2. The van der Waals surface area contributed by atoms with Gasteiger partial charge in [0, 0.05) is 29.4 Å². The number of carbonyl (C=O) groups excluding carboxylic acids is 2. The van der Waals surface area contributed by atoms with Crippen LogP contribution in [-0.2, 0) is 9.53 Å². The molecule has 2 aliphatic rings. The topological polar surface area (TPSA) is 79.5 Å². The quantitative estimate of drug-likeness (QED) is 0.392. The Bertz CT molecular complexity index is 787. The molecule has 3 rings (SSSR count). The van der Waals surface area contributed by atoms with Gasteiger partial charge in [0.05, 0.1) is 6.61 Å². The minimum atomic E-state index is -0.205. The van der Waals surface area contributed by atoms with Crippen molar-refractivity contribution in [3.05, 3.63) is 58.1 Å². The first-order valence-electron chi connectivity index (χ1n) is 8.15. The van der Waals surface area contributed by atoms with Gasteiger partial charge in [0.1, 0.15) is 5.70 Å². The fourth-order valence-corrected chi connectivity index (χ4v) is 4.02. The summed E-state index contributed by atoms with van der Waals surface area (Å²) in [5, 5.41) is 8.80. The van der Waals surface area contributed by atoms with E-state index in [1.54, 1.807) is 18.9 Å². The van der Waals surface area contributed by atoms with Crippen LogP contribution in [0.4, 0.5) is 0 Å². The number of carbonyl (C=O) groups is 2. The molecule has 0 aliphatic carbocycles. The Kier molecular flexibility index (Phi) is 6.08. The predicted molar refractivity (Wildman–Crippen MR) is 106 cm³/mol. The van der Waals surface area contributed by atoms with Crippen LogP contribution < -0.4 is 16.0 Å². The molecule has 136 valence electrons. The van der Waals surface area contributed by atoms with E-state index in [2.05, 4.69) is 22.0 Å². The Labute approximate surface area is 161 Å². The third-order valence-corrected chi connectivity index (χ3v) is 5.46.